The Morgan fingerprint density at radius 1 is 1.03 bits per heavy atom. The second-order valence-electron chi connectivity index (χ2n) is 6.93. The van der Waals surface area contributed by atoms with Gasteiger partial charge in [-0.15, -0.1) is 10.2 Å². The van der Waals surface area contributed by atoms with Crippen LogP contribution in [0.3, 0.4) is 0 Å². The van der Waals surface area contributed by atoms with Crippen LogP contribution in [0, 0.1) is 0 Å². The predicted molar refractivity (Wildman–Crippen MR) is 134 cm³/mol. The molecule has 2 amide bonds. The van der Waals surface area contributed by atoms with Crippen LogP contribution in [0.4, 0.5) is 10.8 Å². The quantitative estimate of drug-likeness (QED) is 0.230. The van der Waals surface area contributed by atoms with E-state index in [1.165, 1.54) is 27.7 Å². The summed E-state index contributed by atoms with van der Waals surface area (Å²) in [6, 6.07) is 11.9. The van der Waals surface area contributed by atoms with E-state index in [9.17, 15) is 14.4 Å². The smallest absolute Gasteiger partial charge is 0.408 e. The predicted octanol–water partition coefficient (Wildman–Crippen LogP) is 4.90. The number of aryl methyl sites for hydroxylation is 1. The zero-order chi connectivity index (χ0) is 24.1. The molecule has 0 fully saturated rings. The van der Waals surface area contributed by atoms with E-state index >= 15 is 0 Å². The Balaban J connectivity index is 1.22. The molecule has 0 spiro atoms. The minimum Gasteiger partial charge on any atom is -0.408 e. The van der Waals surface area contributed by atoms with E-state index in [-0.39, 0.29) is 31.2 Å². The molecule has 0 saturated heterocycles. The van der Waals surface area contributed by atoms with Crippen molar-refractivity contribution in [2.24, 2.45) is 0 Å². The van der Waals surface area contributed by atoms with Crippen molar-refractivity contribution in [3.8, 4) is 0 Å². The highest BCUT2D eigenvalue weighted by molar-refractivity contribution is 8.01. The van der Waals surface area contributed by atoms with Crippen molar-refractivity contribution in [2.45, 2.75) is 23.7 Å². The third kappa shape index (κ3) is 6.17. The fourth-order valence-electron chi connectivity index (χ4n) is 2.97. The SMILES string of the molecule is O=C(CCSc1nnc(NC(=O)CCn2c(=O)oc3ccccc32)s1)Nc1ccc(Cl)c(Cl)c1. The topological polar surface area (TPSA) is 119 Å². The molecular formula is C21H17Cl2N5O4S2. The van der Waals surface area contributed by atoms with Crippen LogP contribution in [0.15, 0.2) is 56.0 Å². The highest BCUT2D eigenvalue weighted by Gasteiger charge is 2.13. The standard InChI is InChI=1S/C21H17Cl2N5O4S2/c22-13-6-5-12(11-14(13)23)24-18(30)8-10-33-20-27-26-19(34-20)25-17(29)7-9-28-15-3-1-2-4-16(15)32-21(28)31/h1-6,11H,7-10H2,(H,24,30)(H,25,26,29). The Morgan fingerprint density at radius 3 is 2.65 bits per heavy atom. The summed E-state index contributed by atoms with van der Waals surface area (Å²) in [6.45, 7) is 0.177. The summed E-state index contributed by atoms with van der Waals surface area (Å²) < 4.78 is 7.20. The van der Waals surface area contributed by atoms with Gasteiger partial charge in [0.2, 0.25) is 16.9 Å². The van der Waals surface area contributed by atoms with E-state index in [0.717, 1.165) is 0 Å². The maximum Gasteiger partial charge on any atom is 0.419 e. The first-order valence-corrected chi connectivity index (χ1v) is 12.5. The number of carbonyl (C=O) groups is 2. The fourth-order valence-corrected chi connectivity index (χ4v) is 5.04. The van der Waals surface area contributed by atoms with Crippen LogP contribution >= 0.6 is 46.3 Å². The molecule has 0 saturated carbocycles. The fraction of sp³-hybridized carbons (Fsp3) is 0.190. The van der Waals surface area contributed by atoms with E-state index in [1.807, 2.05) is 0 Å². The number of anilines is 2. The van der Waals surface area contributed by atoms with Crippen LogP contribution in [-0.4, -0.2) is 32.3 Å². The average molecular weight is 538 g/mol. The minimum absolute atomic E-state index is 0.0698. The number of rotatable bonds is 9. The molecule has 0 aliphatic heterocycles. The van der Waals surface area contributed by atoms with E-state index in [0.29, 0.717) is 42.1 Å². The van der Waals surface area contributed by atoms with Crippen LogP contribution in [0.1, 0.15) is 12.8 Å². The van der Waals surface area contributed by atoms with Gasteiger partial charge in [-0.25, -0.2) is 4.79 Å². The summed E-state index contributed by atoms with van der Waals surface area (Å²) in [5, 5.41) is 14.5. The Hall–Kier alpha value is -2.86. The molecule has 34 heavy (non-hydrogen) atoms. The maximum absolute atomic E-state index is 12.3. The number of halogens is 2. The first-order chi connectivity index (χ1) is 16.4. The monoisotopic (exact) mass is 537 g/mol. The molecule has 2 heterocycles. The van der Waals surface area contributed by atoms with E-state index < -0.39 is 5.76 Å². The number of aromatic nitrogens is 3. The summed E-state index contributed by atoms with van der Waals surface area (Å²) >= 11 is 14.4. The maximum atomic E-state index is 12.3. The summed E-state index contributed by atoms with van der Waals surface area (Å²) in [5.41, 5.74) is 1.68. The third-order valence-corrected chi connectivity index (χ3v) is 7.26. The number of oxazole rings is 1. The highest BCUT2D eigenvalue weighted by Crippen LogP contribution is 2.27. The molecule has 9 nitrogen and oxygen atoms in total. The molecule has 4 aromatic rings. The van der Waals surface area contributed by atoms with Crippen LogP contribution in [0.2, 0.25) is 10.0 Å². The number of para-hydroxylation sites is 2. The second-order valence-corrected chi connectivity index (χ2v) is 10.1. The molecule has 0 bridgehead atoms. The molecule has 2 aromatic carbocycles. The van der Waals surface area contributed by atoms with Crippen LogP contribution in [-0.2, 0) is 16.1 Å². The second kappa shape index (κ2) is 11.0. The van der Waals surface area contributed by atoms with E-state index in [4.69, 9.17) is 27.6 Å². The summed E-state index contributed by atoms with van der Waals surface area (Å²) in [6.07, 6.45) is 0.319. The largest absolute Gasteiger partial charge is 0.419 e. The number of carbonyl (C=O) groups excluding carboxylic acids is 2. The Bertz CT molecular complexity index is 1400. The molecule has 0 radical (unpaired) electrons. The molecule has 0 aliphatic rings. The number of nitrogens with one attached hydrogen (secondary N) is 2. The van der Waals surface area contributed by atoms with E-state index in [1.54, 1.807) is 42.5 Å². The van der Waals surface area contributed by atoms with Gasteiger partial charge in [-0.1, -0.05) is 58.4 Å². The van der Waals surface area contributed by atoms with Crippen molar-refractivity contribution in [3.63, 3.8) is 0 Å². The van der Waals surface area contributed by atoms with Crippen LogP contribution in [0.5, 0.6) is 0 Å². The average Bonchev–Trinajstić information content (AvgIpc) is 3.37. The minimum atomic E-state index is -0.508. The van der Waals surface area contributed by atoms with Gasteiger partial charge in [-0.05, 0) is 30.3 Å². The summed E-state index contributed by atoms with van der Waals surface area (Å²) in [4.78, 5) is 36.4. The molecule has 0 aliphatic carbocycles. The van der Waals surface area contributed by atoms with Gasteiger partial charge < -0.3 is 15.1 Å². The first kappa shape index (κ1) is 24.3. The van der Waals surface area contributed by atoms with Crippen molar-refractivity contribution in [3.05, 3.63) is 63.1 Å². The number of hydrogen-bond donors (Lipinski definition) is 2. The molecule has 2 N–H and O–H groups in total. The number of amides is 2. The van der Waals surface area contributed by atoms with Crippen molar-refractivity contribution in [1.82, 2.24) is 14.8 Å². The van der Waals surface area contributed by atoms with Gasteiger partial charge in [0.15, 0.2) is 9.92 Å². The third-order valence-electron chi connectivity index (χ3n) is 4.55. The number of thioether (sulfide) groups is 1. The van der Waals surface area contributed by atoms with Gasteiger partial charge in [0.25, 0.3) is 0 Å². The van der Waals surface area contributed by atoms with Gasteiger partial charge in [0.1, 0.15) is 0 Å². The summed E-state index contributed by atoms with van der Waals surface area (Å²) in [7, 11) is 0. The molecule has 176 valence electrons. The number of nitrogens with zero attached hydrogens (tertiary/aromatic N) is 3. The lowest BCUT2D eigenvalue weighted by Crippen LogP contribution is -2.19. The van der Waals surface area contributed by atoms with Crippen molar-refractivity contribution in [1.29, 1.82) is 0 Å². The van der Waals surface area contributed by atoms with Crippen LogP contribution < -0.4 is 16.4 Å². The zero-order valence-electron chi connectivity index (χ0n) is 17.4. The van der Waals surface area contributed by atoms with Gasteiger partial charge >= 0.3 is 5.76 Å². The number of benzene rings is 2. The van der Waals surface area contributed by atoms with Crippen molar-refractivity contribution in [2.75, 3.05) is 16.4 Å². The van der Waals surface area contributed by atoms with Gasteiger partial charge in [-0.3, -0.25) is 14.2 Å². The van der Waals surface area contributed by atoms with E-state index in [2.05, 4.69) is 20.8 Å². The molecule has 0 unspecified atom stereocenters. The normalized spacial score (nSPS) is 11.0. The van der Waals surface area contributed by atoms with Crippen LogP contribution in [0.25, 0.3) is 11.1 Å². The van der Waals surface area contributed by atoms with Gasteiger partial charge in [0, 0.05) is 30.8 Å². The molecular weight excluding hydrogens is 521 g/mol. The molecule has 0 atom stereocenters. The lowest BCUT2D eigenvalue weighted by Gasteiger charge is -2.05. The van der Waals surface area contributed by atoms with Crippen molar-refractivity contribution < 1.29 is 14.0 Å². The lowest BCUT2D eigenvalue weighted by molar-refractivity contribution is -0.117. The Morgan fingerprint density at radius 2 is 1.82 bits per heavy atom. The molecule has 13 heteroatoms. The number of fused-ring (bicyclic) bond motifs is 1. The Labute approximate surface area is 211 Å². The summed E-state index contributed by atoms with van der Waals surface area (Å²) in [5.74, 6) is -0.504. The Kier molecular flexibility index (Phi) is 7.88. The van der Waals surface area contributed by atoms with Gasteiger partial charge in [0.05, 0.1) is 15.6 Å². The lowest BCUT2D eigenvalue weighted by atomic mass is 10.3. The highest BCUT2D eigenvalue weighted by atomic mass is 35.5. The molecule has 4 rings (SSSR count). The van der Waals surface area contributed by atoms with Gasteiger partial charge in [-0.2, -0.15) is 0 Å². The zero-order valence-corrected chi connectivity index (χ0v) is 20.6. The van der Waals surface area contributed by atoms with Crippen molar-refractivity contribution >= 4 is 80.0 Å². The first-order valence-electron chi connectivity index (χ1n) is 9.98. The molecule has 2 aromatic heterocycles. The number of hydrogen-bond acceptors (Lipinski definition) is 8.